The maximum atomic E-state index is 12.8. The highest BCUT2D eigenvalue weighted by molar-refractivity contribution is 5.91. The number of amides is 1. The molecule has 24 heavy (non-hydrogen) atoms. The Morgan fingerprint density at radius 2 is 2.04 bits per heavy atom. The highest BCUT2D eigenvalue weighted by atomic mass is 16.3. The third-order valence-corrected chi connectivity index (χ3v) is 5.65. The molecule has 1 aromatic heterocycles. The number of hydrogen-bond acceptors (Lipinski definition) is 4. The van der Waals surface area contributed by atoms with Crippen LogP contribution in [0.4, 0.5) is 0 Å². The Labute approximate surface area is 141 Å². The number of hydrogen-bond donors (Lipinski definition) is 1. The normalized spacial score (nSPS) is 30.0. The fourth-order valence-corrected chi connectivity index (χ4v) is 4.48. The van der Waals surface area contributed by atoms with E-state index in [2.05, 4.69) is 4.98 Å². The molecule has 1 aliphatic carbocycles. The van der Waals surface area contributed by atoms with Gasteiger partial charge in [-0.2, -0.15) is 0 Å². The van der Waals surface area contributed by atoms with Crippen LogP contribution in [-0.2, 0) is 5.60 Å². The number of carbonyl (C=O) groups is 1. The first-order chi connectivity index (χ1) is 11.7. The third-order valence-electron chi connectivity index (χ3n) is 5.65. The van der Waals surface area contributed by atoms with Crippen molar-refractivity contribution in [1.82, 2.24) is 9.88 Å². The number of aromatic nitrogens is 1. The van der Waals surface area contributed by atoms with Crippen LogP contribution in [0, 0.1) is 5.92 Å². The molecule has 4 rings (SSSR count). The van der Waals surface area contributed by atoms with Gasteiger partial charge in [-0.25, -0.2) is 4.98 Å². The molecule has 5 heteroatoms. The molecule has 1 N–H and O–H groups in total. The van der Waals surface area contributed by atoms with Gasteiger partial charge in [0.2, 0.25) is 5.76 Å². The monoisotopic (exact) mass is 326 g/mol. The summed E-state index contributed by atoms with van der Waals surface area (Å²) in [4.78, 5) is 18.5. The first-order valence-corrected chi connectivity index (χ1v) is 8.67. The van der Waals surface area contributed by atoms with E-state index in [1.165, 1.54) is 12.6 Å². The number of oxazole rings is 1. The molecule has 2 heterocycles. The first kappa shape index (κ1) is 15.4. The average molecular weight is 326 g/mol. The Balaban J connectivity index is 1.66. The van der Waals surface area contributed by atoms with Gasteiger partial charge in [0, 0.05) is 18.5 Å². The van der Waals surface area contributed by atoms with Crippen LogP contribution in [0.5, 0.6) is 0 Å². The van der Waals surface area contributed by atoms with Gasteiger partial charge >= 0.3 is 0 Å². The zero-order valence-electron chi connectivity index (χ0n) is 13.6. The molecule has 1 amide bonds. The standard InChI is InChI=1S/C19H22N2O3/c22-18(17-12-20-13-24-17)21-11-10-19(23,14-6-2-1-3-7-14)15-8-4-5-9-16(15)21/h1-3,6-7,12-13,15-16,23H,4-5,8-11H2/t15-,16+,19-/m0/s1. The first-order valence-electron chi connectivity index (χ1n) is 8.67. The van der Waals surface area contributed by atoms with Crippen molar-refractivity contribution in [2.45, 2.75) is 43.7 Å². The van der Waals surface area contributed by atoms with E-state index < -0.39 is 5.60 Å². The van der Waals surface area contributed by atoms with Crippen LogP contribution in [0.3, 0.4) is 0 Å². The van der Waals surface area contributed by atoms with Crippen molar-refractivity contribution in [2.24, 2.45) is 5.92 Å². The van der Waals surface area contributed by atoms with Crippen LogP contribution in [0.25, 0.3) is 0 Å². The zero-order valence-corrected chi connectivity index (χ0v) is 13.6. The highest BCUT2D eigenvalue weighted by Crippen LogP contribution is 2.47. The average Bonchev–Trinajstić information content (AvgIpc) is 3.17. The molecular formula is C19H22N2O3. The van der Waals surface area contributed by atoms with Gasteiger partial charge in [0.05, 0.1) is 11.8 Å². The van der Waals surface area contributed by atoms with E-state index in [1.54, 1.807) is 0 Å². The van der Waals surface area contributed by atoms with Crippen LogP contribution in [0.2, 0.25) is 0 Å². The lowest BCUT2D eigenvalue weighted by Crippen LogP contribution is -2.58. The second-order valence-electron chi connectivity index (χ2n) is 6.86. The van der Waals surface area contributed by atoms with Crippen LogP contribution < -0.4 is 0 Å². The van der Waals surface area contributed by atoms with E-state index in [0.29, 0.717) is 13.0 Å². The summed E-state index contributed by atoms with van der Waals surface area (Å²) in [5.74, 6) is 0.234. The van der Waals surface area contributed by atoms with Crippen molar-refractivity contribution in [3.63, 3.8) is 0 Å². The number of benzene rings is 1. The number of piperidine rings is 1. The minimum absolute atomic E-state index is 0.0512. The van der Waals surface area contributed by atoms with E-state index >= 15 is 0 Å². The van der Waals surface area contributed by atoms with Gasteiger partial charge in [0.25, 0.3) is 5.91 Å². The summed E-state index contributed by atoms with van der Waals surface area (Å²) in [6.45, 7) is 0.534. The minimum Gasteiger partial charge on any atom is -0.438 e. The lowest BCUT2D eigenvalue weighted by atomic mass is 9.66. The van der Waals surface area contributed by atoms with E-state index in [1.807, 2.05) is 35.2 Å². The lowest BCUT2D eigenvalue weighted by Gasteiger charge is -2.52. The van der Waals surface area contributed by atoms with Crippen LogP contribution in [0.15, 0.2) is 47.3 Å². The number of likely N-dealkylation sites (tertiary alicyclic amines) is 1. The summed E-state index contributed by atoms with van der Waals surface area (Å²) >= 11 is 0. The van der Waals surface area contributed by atoms with Gasteiger partial charge < -0.3 is 14.4 Å². The fourth-order valence-electron chi connectivity index (χ4n) is 4.48. The van der Waals surface area contributed by atoms with Crippen molar-refractivity contribution >= 4 is 5.91 Å². The molecule has 1 saturated heterocycles. The molecule has 1 aliphatic heterocycles. The van der Waals surface area contributed by atoms with E-state index in [-0.39, 0.29) is 23.6 Å². The number of fused-ring (bicyclic) bond motifs is 1. The van der Waals surface area contributed by atoms with Crippen molar-refractivity contribution in [3.05, 3.63) is 54.2 Å². The number of nitrogens with zero attached hydrogens (tertiary/aromatic N) is 2. The molecule has 1 aromatic carbocycles. The topological polar surface area (TPSA) is 66.6 Å². The van der Waals surface area contributed by atoms with Gasteiger partial charge in [-0.15, -0.1) is 0 Å². The molecule has 2 fully saturated rings. The Morgan fingerprint density at radius 1 is 1.25 bits per heavy atom. The van der Waals surface area contributed by atoms with Crippen molar-refractivity contribution in [3.8, 4) is 0 Å². The Morgan fingerprint density at radius 3 is 2.79 bits per heavy atom. The summed E-state index contributed by atoms with van der Waals surface area (Å²) < 4.78 is 5.20. The number of carbonyl (C=O) groups excluding carboxylic acids is 1. The van der Waals surface area contributed by atoms with Gasteiger partial charge in [-0.05, 0) is 24.8 Å². The molecule has 0 bridgehead atoms. The molecule has 0 spiro atoms. The maximum Gasteiger partial charge on any atom is 0.291 e. The van der Waals surface area contributed by atoms with E-state index in [4.69, 9.17) is 4.42 Å². The predicted octanol–water partition coefficient (Wildman–Crippen LogP) is 2.97. The molecular weight excluding hydrogens is 304 g/mol. The summed E-state index contributed by atoms with van der Waals surface area (Å²) in [5.41, 5.74) is 0.110. The lowest BCUT2D eigenvalue weighted by molar-refractivity contribution is -0.110. The van der Waals surface area contributed by atoms with Crippen molar-refractivity contribution in [2.75, 3.05) is 6.54 Å². The molecule has 2 aromatic rings. The van der Waals surface area contributed by atoms with Crippen molar-refractivity contribution < 1.29 is 14.3 Å². The fraction of sp³-hybridized carbons (Fsp3) is 0.474. The molecule has 3 atom stereocenters. The smallest absolute Gasteiger partial charge is 0.291 e. The summed E-state index contributed by atoms with van der Waals surface area (Å²) in [6, 6.07) is 9.96. The second kappa shape index (κ2) is 6.06. The van der Waals surface area contributed by atoms with E-state index in [0.717, 1.165) is 31.2 Å². The largest absolute Gasteiger partial charge is 0.438 e. The SMILES string of the molecule is O=C(c1cnco1)N1CC[C@](O)(c2ccccc2)[C@H]2CCCC[C@H]21. The zero-order chi connectivity index (χ0) is 16.6. The highest BCUT2D eigenvalue weighted by Gasteiger charge is 2.50. The van der Waals surface area contributed by atoms with Gasteiger partial charge in [-0.3, -0.25) is 4.79 Å². The summed E-state index contributed by atoms with van der Waals surface area (Å²) in [6.07, 6.45) is 7.37. The molecule has 1 saturated carbocycles. The summed E-state index contributed by atoms with van der Waals surface area (Å²) in [5, 5.41) is 11.5. The van der Waals surface area contributed by atoms with Gasteiger partial charge in [-0.1, -0.05) is 43.2 Å². The number of aliphatic hydroxyl groups is 1. The molecule has 2 aliphatic rings. The Hall–Kier alpha value is -2.14. The van der Waals surface area contributed by atoms with Gasteiger partial charge in [0.1, 0.15) is 0 Å². The molecule has 0 radical (unpaired) electrons. The quantitative estimate of drug-likeness (QED) is 0.921. The second-order valence-corrected chi connectivity index (χ2v) is 6.86. The Bertz CT molecular complexity index is 701. The molecule has 5 nitrogen and oxygen atoms in total. The van der Waals surface area contributed by atoms with E-state index in [9.17, 15) is 9.90 Å². The maximum absolute atomic E-state index is 12.8. The van der Waals surface area contributed by atoms with Crippen molar-refractivity contribution in [1.29, 1.82) is 0 Å². The van der Waals surface area contributed by atoms with Crippen LogP contribution in [0.1, 0.15) is 48.2 Å². The predicted molar refractivity (Wildman–Crippen MR) is 88.2 cm³/mol. The number of rotatable bonds is 2. The molecule has 0 unspecified atom stereocenters. The third kappa shape index (κ3) is 2.44. The minimum atomic E-state index is -0.857. The summed E-state index contributed by atoms with van der Waals surface area (Å²) in [7, 11) is 0. The molecule has 126 valence electrons. The Kier molecular flexibility index (Phi) is 3.88. The van der Waals surface area contributed by atoms with Crippen LogP contribution >= 0.6 is 0 Å². The van der Waals surface area contributed by atoms with Gasteiger partial charge in [0.15, 0.2) is 6.39 Å². The van der Waals surface area contributed by atoms with Crippen LogP contribution in [-0.4, -0.2) is 33.5 Å².